The highest BCUT2D eigenvalue weighted by atomic mass is 15.0. The first-order valence-corrected chi connectivity index (χ1v) is 16.2. The molecule has 2 aromatic heterocycles. The number of fused-ring (bicyclic) bond motifs is 8. The van der Waals surface area contributed by atoms with Gasteiger partial charge in [-0.05, 0) is 69.9 Å². The van der Waals surface area contributed by atoms with E-state index in [1.54, 1.807) is 6.07 Å². The Kier molecular flexibility index (Phi) is 5.08. The van der Waals surface area contributed by atoms with E-state index in [1.807, 2.05) is 66.7 Å². The highest BCUT2D eigenvalue weighted by Crippen LogP contribution is 2.43. The number of para-hydroxylation sites is 3. The van der Waals surface area contributed by atoms with Crippen LogP contribution in [0.5, 0.6) is 0 Å². The third-order valence-electron chi connectivity index (χ3n) is 9.66. The molecule has 0 bridgehead atoms. The Morgan fingerprint density at radius 1 is 0.375 bits per heavy atom. The summed E-state index contributed by atoms with van der Waals surface area (Å²) in [6.07, 6.45) is 0. The molecule has 2 heteroatoms. The molecule has 10 rings (SSSR count). The lowest BCUT2D eigenvalue weighted by molar-refractivity contribution is 1.17. The zero-order chi connectivity index (χ0) is 35.1. The molecular weight excluding hydrogens is 581 g/mol. The van der Waals surface area contributed by atoms with Crippen molar-refractivity contribution < 1.29 is 5.48 Å². The molecule has 10 aromatic rings. The fourth-order valence-electron chi connectivity index (χ4n) is 7.62. The Morgan fingerprint density at radius 2 is 1.08 bits per heavy atom. The fraction of sp³-hybridized carbons (Fsp3) is 0. The van der Waals surface area contributed by atoms with Crippen LogP contribution in [0.25, 0.3) is 88.0 Å². The first-order chi connectivity index (χ1) is 25.4. The molecule has 0 unspecified atom stereocenters. The van der Waals surface area contributed by atoms with E-state index in [2.05, 4.69) is 94.1 Å². The standard InChI is InChI=1S/C46H30N2/c1-3-15-31(16-4-1)34-20-9-10-22-36(34)37-23-11-13-25-41(37)48-42-26-14-12-24-38(42)39-29-40-45(30-44(39)48)47(33-18-5-2-6-19-33)43-28-27-32-17-7-8-21-35(32)46(40)43/h1-30H/i5D,6D,9D,13D. The number of aromatic nitrogens is 2. The summed E-state index contributed by atoms with van der Waals surface area (Å²) in [7, 11) is 0. The van der Waals surface area contributed by atoms with Gasteiger partial charge in [-0.1, -0.05) is 139 Å². The topological polar surface area (TPSA) is 9.86 Å². The van der Waals surface area contributed by atoms with Crippen LogP contribution in [0, 0.1) is 0 Å². The largest absolute Gasteiger partial charge is 0.309 e. The zero-order valence-corrected chi connectivity index (χ0v) is 25.9. The Hall–Kier alpha value is -6.38. The average Bonchev–Trinajstić information content (AvgIpc) is 3.66. The number of nitrogens with zero attached hydrogens (tertiary/aromatic N) is 2. The summed E-state index contributed by atoms with van der Waals surface area (Å²) in [4.78, 5) is 0. The molecule has 0 saturated carbocycles. The molecule has 0 amide bonds. The monoisotopic (exact) mass is 614 g/mol. The van der Waals surface area contributed by atoms with Crippen LogP contribution in [0.4, 0.5) is 0 Å². The van der Waals surface area contributed by atoms with E-state index in [0.717, 1.165) is 88.0 Å². The van der Waals surface area contributed by atoms with Crippen LogP contribution in [-0.2, 0) is 0 Å². The predicted octanol–water partition coefficient (Wildman–Crippen LogP) is 12.4. The van der Waals surface area contributed by atoms with Gasteiger partial charge in [0.15, 0.2) is 0 Å². The molecule has 2 nitrogen and oxygen atoms in total. The van der Waals surface area contributed by atoms with Crippen LogP contribution in [-0.4, -0.2) is 9.13 Å². The molecule has 0 spiro atoms. The molecule has 0 N–H and O–H groups in total. The number of rotatable bonds is 4. The maximum Gasteiger partial charge on any atom is 0.0623 e. The molecule has 0 aliphatic heterocycles. The van der Waals surface area contributed by atoms with Crippen LogP contribution in [0.2, 0.25) is 0 Å². The molecule has 0 atom stereocenters. The van der Waals surface area contributed by atoms with Crippen molar-refractivity contribution in [2.75, 3.05) is 0 Å². The quantitative estimate of drug-likeness (QED) is 0.187. The van der Waals surface area contributed by atoms with Gasteiger partial charge in [0.25, 0.3) is 0 Å². The van der Waals surface area contributed by atoms with Gasteiger partial charge in [0.05, 0.1) is 33.2 Å². The second-order valence-electron chi connectivity index (χ2n) is 12.2. The first-order valence-electron chi connectivity index (χ1n) is 18.2. The molecule has 0 fully saturated rings. The minimum atomic E-state index is 0.290. The molecule has 8 aromatic carbocycles. The fourth-order valence-corrected chi connectivity index (χ4v) is 7.62. The van der Waals surface area contributed by atoms with E-state index in [0.29, 0.717) is 24.2 Å². The predicted molar refractivity (Wildman–Crippen MR) is 203 cm³/mol. The lowest BCUT2D eigenvalue weighted by Gasteiger charge is -2.17. The lowest BCUT2D eigenvalue weighted by Crippen LogP contribution is -1.98. The lowest BCUT2D eigenvalue weighted by atomic mass is 9.93. The molecule has 0 aliphatic carbocycles. The summed E-state index contributed by atoms with van der Waals surface area (Å²) in [6, 6.07) is 54.1. The second kappa shape index (κ2) is 10.6. The van der Waals surface area contributed by atoms with Gasteiger partial charge in [-0.15, -0.1) is 0 Å². The van der Waals surface area contributed by atoms with Gasteiger partial charge in [-0.2, -0.15) is 0 Å². The van der Waals surface area contributed by atoms with Crippen LogP contribution >= 0.6 is 0 Å². The normalized spacial score (nSPS) is 12.9. The zero-order valence-electron chi connectivity index (χ0n) is 29.9. The van der Waals surface area contributed by atoms with E-state index in [-0.39, 0.29) is 0 Å². The second-order valence-corrected chi connectivity index (χ2v) is 12.2. The molecular formula is C46H30N2. The van der Waals surface area contributed by atoms with E-state index in [4.69, 9.17) is 5.48 Å². The van der Waals surface area contributed by atoms with Gasteiger partial charge >= 0.3 is 0 Å². The Balaban J connectivity index is 1.36. The molecule has 2 heterocycles. The highest BCUT2D eigenvalue weighted by molar-refractivity contribution is 6.25. The number of hydrogen-bond donors (Lipinski definition) is 0. The maximum absolute atomic E-state index is 8.85. The highest BCUT2D eigenvalue weighted by Gasteiger charge is 2.21. The third kappa shape index (κ3) is 3.93. The summed E-state index contributed by atoms with van der Waals surface area (Å²) in [5.74, 6) is 0. The molecule has 0 aliphatic rings. The van der Waals surface area contributed by atoms with Crippen LogP contribution in [0.1, 0.15) is 5.48 Å². The third-order valence-corrected chi connectivity index (χ3v) is 9.66. The first kappa shape index (κ1) is 23.0. The summed E-state index contributed by atoms with van der Waals surface area (Å²) in [6.45, 7) is 0. The van der Waals surface area contributed by atoms with Crippen molar-refractivity contribution in [1.82, 2.24) is 9.13 Å². The summed E-state index contributed by atoms with van der Waals surface area (Å²) in [5, 5.41) is 6.72. The van der Waals surface area contributed by atoms with Crippen LogP contribution < -0.4 is 0 Å². The van der Waals surface area contributed by atoms with Gasteiger partial charge in [0, 0.05) is 32.8 Å². The van der Waals surface area contributed by atoms with Gasteiger partial charge in [-0.25, -0.2) is 0 Å². The minimum absolute atomic E-state index is 0.290. The Labute approximate surface area is 284 Å². The van der Waals surface area contributed by atoms with E-state index < -0.39 is 0 Å². The number of hydrogen-bond acceptors (Lipinski definition) is 0. The molecule has 0 radical (unpaired) electrons. The van der Waals surface area contributed by atoms with Gasteiger partial charge in [0.2, 0.25) is 0 Å². The van der Waals surface area contributed by atoms with Crippen LogP contribution in [0.15, 0.2) is 182 Å². The van der Waals surface area contributed by atoms with Crippen molar-refractivity contribution >= 4 is 54.4 Å². The van der Waals surface area contributed by atoms with Crippen molar-refractivity contribution in [2.24, 2.45) is 0 Å². The summed E-state index contributed by atoms with van der Waals surface area (Å²) >= 11 is 0. The maximum atomic E-state index is 8.85. The number of benzene rings is 8. The Bertz CT molecular complexity index is 3050. The van der Waals surface area contributed by atoms with E-state index in [1.165, 1.54) is 0 Å². The average molecular weight is 615 g/mol. The van der Waals surface area contributed by atoms with Crippen LogP contribution in [0.3, 0.4) is 0 Å². The van der Waals surface area contributed by atoms with E-state index in [9.17, 15) is 0 Å². The van der Waals surface area contributed by atoms with Gasteiger partial charge < -0.3 is 9.13 Å². The van der Waals surface area contributed by atoms with Crippen molar-refractivity contribution in [3.05, 3.63) is 182 Å². The Morgan fingerprint density at radius 3 is 1.96 bits per heavy atom. The van der Waals surface area contributed by atoms with Crippen molar-refractivity contribution in [3.63, 3.8) is 0 Å². The van der Waals surface area contributed by atoms with Gasteiger partial charge in [0.1, 0.15) is 0 Å². The van der Waals surface area contributed by atoms with Crippen molar-refractivity contribution in [3.8, 4) is 33.6 Å². The summed E-state index contributed by atoms with van der Waals surface area (Å²) in [5.41, 5.74) is 9.58. The SMILES string of the molecule is [2H]c1cc([2H])cc(-n2c3cc4c(cc3c3c5ccccc5ccc32)c2ccccc2n4-c2cc([2H])ccc2-c2ccc([2H])cc2-c2ccccc2)c1. The van der Waals surface area contributed by atoms with Crippen molar-refractivity contribution in [1.29, 1.82) is 0 Å². The van der Waals surface area contributed by atoms with E-state index >= 15 is 0 Å². The summed E-state index contributed by atoms with van der Waals surface area (Å²) < 4.78 is 38.9. The van der Waals surface area contributed by atoms with Crippen molar-refractivity contribution in [2.45, 2.75) is 0 Å². The molecule has 224 valence electrons. The molecule has 48 heavy (non-hydrogen) atoms. The smallest absolute Gasteiger partial charge is 0.0623 e. The minimum Gasteiger partial charge on any atom is -0.309 e. The van der Waals surface area contributed by atoms with Gasteiger partial charge in [-0.3, -0.25) is 0 Å². The molecule has 0 saturated heterocycles.